The van der Waals surface area contributed by atoms with Gasteiger partial charge in [-0.15, -0.1) is 20.4 Å². The van der Waals surface area contributed by atoms with Gasteiger partial charge < -0.3 is 10.3 Å². The number of benzene rings is 2. The minimum Gasteiger partial charge on any atom is -0.420 e. The number of nitrogens with two attached hydrogens (primary N) is 1. The molecule has 0 aliphatic heterocycles. The zero-order valence-electron chi connectivity index (χ0n) is 13.4. The molecule has 7 nitrogen and oxygen atoms in total. The lowest BCUT2D eigenvalue weighted by atomic mass is 10.2. The molecule has 4 aromatic rings. The van der Waals surface area contributed by atoms with Crippen molar-refractivity contribution < 1.29 is 4.42 Å². The number of thioether (sulfide) groups is 1. The average molecular weight is 385 g/mol. The summed E-state index contributed by atoms with van der Waals surface area (Å²) in [6.45, 7) is 0. The van der Waals surface area contributed by atoms with E-state index in [4.69, 9.17) is 21.9 Å². The first kappa shape index (κ1) is 16.6. The van der Waals surface area contributed by atoms with E-state index >= 15 is 0 Å². The summed E-state index contributed by atoms with van der Waals surface area (Å²) < 4.78 is 7.13. The number of nitrogens with zero attached hydrogens (tertiary/aromatic N) is 5. The van der Waals surface area contributed by atoms with Crippen LogP contribution in [-0.2, 0) is 5.75 Å². The second-order valence-electron chi connectivity index (χ2n) is 5.31. The van der Waals surface area contributed by atoms with Gasteiger partial charge in [-0.2, -0.15) is 0 Å². The molecule has 26 heavy (non-hydrogen) atoms. The Bertz CT molecular complexity index is 1030. The van der Waals surface area contributed by atoms with Crippen molar-refractivity contribution in [1.82, 2.24) is 25.1 Å². The van der Waals surface area contributed by atoms with Gasteiger partial charge in [0.25, 0.3) is 0 Å². The van der Waals surface area contributed by atoms with Crippen LogP contribution < -0.4 is 5.84 Å². The molecule has 2 aromatic carbocycles. The van der Waals surface area contributed by atoms with Crippen LogP contribution in [0.25, 0.3) is 22.8 Å². The zero-order valence-corrected chi connectivity index (χ0v) is 15.0. The fourth-order valence-corrected chi connectivity index (χ4v) is 3.25. The Hall–Kier alpha value is -2.84. The molecule has 2 aromatic heterocycles. The fraction of sp³-hybridized carbons (Fsp3) is 0.0588. The van der Waals surface area contributed by atoms with E-state index in [1.54, 1.807) is 6.07 Å². The lowest BCUT2D eigenvalue weighted by Gasteiger charge is -2.02. The highest BCUT2D eigenvalue weighted by Gasteiger charge is 2.15. The topological polar surface area (TPSA) is 95.7 Å². The lowest BCUT2D eigenvalue weighted by Crippen LogP contribution is -2.11. The van der Waals surface area contributed by atoms with Gasteiger partial charge in [0.05, 0.1) is 16.3 Å². The molecule has 0 bridgehead atoms. The van der Waals surface area contributed by atoms with Crippen LogP contribution >= 0.6 is 23.4 Å². The number of nitrogen functional groups attached to an aromatic ring is 1. The normalized spacial score (nSPS) is 11.0. The number of hydrogen-bond acceptors (Lipinski definition) is 7. The van der Waals surface area contributed by atoms with Crippen LogP contribution in [0.15, 0.2) is 64.2 Å². The van der Waals surface area contributed by atoms with Gasteiger partial charge in [-0.25, -0.2) is 4.68 Å². The molecule has 0 amide bonds. The fourth-order valence-electron chi connectivity index (χ4n) is 2.34. The van der Waals surface area contributed by atoms with Crippen molar-refractivity contribution in [2.45, 2.75) is 10.9 Å². The Morgan fingerprint density at radius 3 is 2.54 bits per heavy atom. The van der Waals surface area contributed by atoms with E-state index < -0.39 is 0 Å². The van der Waals surface area contributed by atoms with Crippen molar-refractivity contribution in [1.29, 1.82) is 0 Å². The summed E-state index contributed by atoms with van der Waals surface area (Å²) in [5.41, 5.74) is 1.60. The molecule has 0 atom stereocenters. The molecule has 4 rings (SSSR count). The van der Waals surface area contributed by atoms with Gasteiger partial charge >= 0.3 is 0 Å². The predicted molar refractivity (Wildman–Crippen MR) is 99.9 cm³/mol. The first-order chi connectivity index (χ1) is 12.7. The smallest absolute Gasteiger partial charge is 0.249 e. The van der Waals surface area contributed by atoms with Crippen molar-refractivity contribution in [2.24, 2.45) is 0 Å². The number of rotatable bonds is 5. The summed E-state index contributed by atoms with van der Waals surface area (Å²) in [5, 5.41) is 17.5. The predicted octanol–water partition coefficient (Wildman–Crippen LogP) is 3.65. The van der Waals surface area contributed by atoms with Gasteiger partial charge in [0.2, 0.25) is 16.9 Å². The molecule has 0 aliphatic rings. The van der Waals surface area contributed by atoms with Crippen molar-refractivity contribution in [3.63, 3.8) is 0 Å². The summed E-state index contributed by atoms with van der Waals surface area (Å²) >= 11 is 7.52. The van der Waals surface area contributed by atoms with Crippen LogP contribution in [-0.4, -0.2) is 25.1 Å². The molecule has 2 heterocycles. The zero-order chi connectivity index (χ0) is 17.9. The third-order valence-electron chi connectivity index (χ3n) is 3.59. The first-order valence-corrected chi connectivity index (χ1v) is 9.05. The second kappa shape index (κ2) is 7.19. The van der Waals surface area contributed by atoms with E-state index in [-0.39, 0.29) is 0 Å². The van der Waals surface area contributed by atoms with Crippen molar-refractivity contribution >= 4 is 23.4 Å². The van der Waals surface area contributed by atoms with E-state index in [1.807, 2.05) is 48.5 Å². The Morgan fingerprint density at radius 1 is 0.962 bits per heavy atom. The van der Waals surface area contributed by atoms with Gasteiger partial charge in [-0.1, -0.05) is 65.8 Å². The standard InChI is InChI=1S/C17H13ClN6OS/c18-13-9-5-4-8-12(13)16-22-20-14(25-16)10-26-17-23-21-15(24(17)19)11-6-2-1-3-7-11/h1-9H,10,19H2. The molecule has 0 aliphatic carbocycles. The molecule has 0 saturated carbocycles. The Labute approximate surface area is 158 Å². The van der Waals surface area contributed by atoms with E-state index in [1.165, 1.54) is 16.4 Å². The van der Waals surface area contributed by atoms with Gasteiger partial charge in [0.1, 0.15) is 0 Å². The maximum Gasteiger partial charge on any atom is 0.249 e. The maximum atomic E-state index is 6.15. The number of aromatic nitrogens is 5. The van der Waals surface area contributed by atoms with Gasteiger partial charge in [-0.05, 0) is 12.1 Å². The molecule has 9 heteroatoms. The van der Waals surface area contributed by atoms with Gasteiger partial charge in [0.15, 0.2) is 5.82 Å². The van der Waals surface area contributed by atoms with E-state index in [0.29, 0.717) is 39.1 Å². The molecule has 0 unspecified atom stereocenters. The van der Waals surface area contributed by atoms with E-state index in [0.717, 1.165) is 5.56 Å². The lowest BCUT2D eigenvalue weighted by molar-refractivity contribution is 0.528. The van der Waals surface area contributed by atoms with Crippen LogP contribution in [0, 0.1) is 0 Å². The minimum absolute atomic E-state index is 0.380. The Morgan fingerprint density at radius 2 is 1.73 bits per heavy atom. The molecule has 2 N–H and O–H groups in total. The van der Waals surface area contributed by atoms with Crippen LogP contribution in [0.4, 0.5) is 0 Å². The molecule has 0 radical (unpaired) electrons. The minimum atomic E-state index is 0.380. The molecular weight excluding hydrogens is 372 g/mol. The number of halogens is 1. The SMILES string of the molecule is Nn1c(SCc2nnc(-c3ccccc3Cl)o2)nnc1-c1ccccc1. The quantitative estimate of drug-likeness (QED) is 0.414. The third-order valence-corrected chi connectivity index (χ3v) is 4.85. The van der Waals surface area contributed by atoms with Crippen LogP contribution in [0.3, 0.4) is 0 Å². The van der Waals surface area contributed by atoms with Crippen molar-refractivity contribution in [3.05, 3.63) is 65.5 Å². The molecule has 0 fully saturated rings. The third kappa shape index (κ3) is 3.29. The Kier molecular flexibility index (Phi) is 4.59. The highest BCUT2D eigenvalue weighted by atomic mass is 35.5. The van der Waals surface area contributed by atoms with E-state index in [9.17, 15) is 0 Å². The Balaban J connectivity index is 1.49. The molecule has 0 saturated heterocycles. The summed E-state index contributed by atoms with van der Waals surface area (Å²) in [6.07, 6.45) is 0. The number of hydrogen-bond donors (Lipinski definition) is 1. The van der Waals surface area contributed by atoms with Crippen molar-refractivity contribution in [2.75, 3.05) is 5.84 Å². The monoisotopic (exact) mass is 384 g/mol. The molecule has 0 spiro atoms. The van der Waals surface area contributed by atoms with Crippen LogP contribution in [0.1, 0.15) is 5.89 Å². The van der Waals surface area contributed by atoms with Crippen LogP contribution in [0.2, 0.25) is 5.02 Å². The average Bonchev–Trinajstić information content (AvgIpc) is 3.28. The maximum absolute atomic E-state index is 6.15. The largest absolute Gasteiger partial charge is 0.420 e. The molecule has 130 valence electrons. The second-order valence-corrected chi connectivity index (χ2v) is 6.66. The summed E-state index contributed by atoms with van der Waals surface area (Å²) in [4.78, 5) is 0. The summed E-state index contributed by atoms with van der Waals surface area (Å²) in [5.74, 6) is 7.95. The highest BCUT2D eigenvalue weighted by molar-refractivity contribution is 7.98. The summed E-state index contributed by atoms with van der Waals surface area (Å²) in [6, 6.07) is 16.9. The van der Waals surface area contributed by atoms with Gasteiger partial charge in [0, 0.05) is 5.56 Å². The van der Waals surface area contributed by atoms with Crippen molar-refractivity contribution in [3.8, 4) is 22.8 Å². The highest BCUT2D eigenvalue weighted by Crippen LogP contribution is 2.28. The van der Waals surface area contributed by atoms with E-state index in [2.05, 4.69) is 20.4 Å². The van der Waals surface area contributed by atoms with Gasteiger partial charge in [-0.3, -0.25) is 0 Å². The van der Waals surface area contributed by atoms with Crippen LogP contribution in [0.5, 0.6) is 0 Å². The first-order valence-electron chi connectivity index (χ1n) is 7.68. The molecular formula is C17H13ClN6OS. The summed E-state index contributed by atoms with van der Waals surface area (Å²) in [7, 11) is 0.